The number of alkyl halides is 2. The number of aliphatic hydroxyl groups is 1. The van der Waals surface area contributed by atoms with E-state index < -0.39 is 0 Å². The number of hydrogen-bond acceptors (Lipinski definition) is 4. The smallest absolute Gasteiger partial charge is 0.186 e. The maximum atomic E-state index is 12.2. The first-order chi connectivity index (χ1) is 11.8. The molecule has 140 valence electrons. The van der Waals surface area contributed by atoms with Crippen molar-refractivity contribution in [2.24, 2.45) is 5.92 Å². The molecule has 0 saturated heterocycles. The van der Waals surface area contributed by atoms with Gasteiger partial charge in [-0.05, 0) is 38.5 Å². The van der Waals surface area contributed by atoms with Crippen LogP contribution in [0.15, 0.2) is 34.9 Å². The van der Waals surface area contributed by atoms with Gasteiger partial charge < -0.3 is 14.7 Å². The second kappa shape index (κ2) is 9.00. The zero-order valence-electron chi connectivity index (χ0n) is 15.1. The van der Waals surface area contributed by atoms with Crippen molar-refractivity contribution in [1.82, 2.24) is 4.90 Å². The molecular weight excluding hydrogens is 361 g/mol. The van der Waals surface area contributed by atoms with Crippen LogP contribution < -0.4 is 0 Å². The molecule has 2 aliphatic rings. The average Bonchev–Trinajstić information content (AvgIpc) is 2.57. The van der Waals surface area contributed by atoms with Crippen molar-refractivity contribution in [1.29, 1.82) is 0 Å². The summed E-state index contributed by atoms with van der Waals surface area (Å²) in [6.45, 7) is 2.38. The van der Waals surface area contributed by atoms with Gasteiger partial charge in [0.1, 0.15) is 11.5 Å². The highest BCUT2D eigenvalue weighted by Gasteiger charge is 2.29. The third-order valence-electron chi connectivity index (χ3n) is 4.78. The SMILES string of the molecule is CC1=C(OCC2CCC(Cl)C(Cl)C2)CCC(C(=O)/C=C/N(C)C)=C1O. The fourth-order valence-electron chi connectivity index (χ4n) is 3.17. The van der Waals surface area contributed by atoms with Crippen molar-refractivity contribution in [3.63, 3.8) is 0 Å². The Morgan fingerprint density at radius 1 is 1.28 bits per heavy atom. The number of allylic oxidation sites excluding steroid dienone is 4. The predicted molar refractivity (Wildman–Crippen MR) is 102 cm³/mol. The number of ketones is 1. The monoisotopic (exact) mass is 387 g/mol. The number of ether oxygens (including phenoxy) is 1. The molecular formula is C19H27Cl2NO3. The Bertz CT molecular complexity index is 595. The summed E-state index contributed by atoms with van der Waals surface area (Å²) in [5, 5.41) is 10.4. The first-order valence-electron chi connectivity index (χ1n) is 8.71. The van der Waals surface area contributed by atoms with Gasteiger partial charge in [-0.3, -0.25) is 4.79 Å². The summed E-state index contributed by atoms with van der Waals surface area (Å²) in [4.78, 5) is 14.0. The zero-order chi connectivity index (χ0) is 18.6. The largest absolute Gasteiger partial charge is 0.507 e. The molecule has 3 unspecified atom stereocenters. The Labute approximate surface area is 160 Å². The summed E-state index contributed by atoms with van der Waals surface area (Å²) in [6.07, 6.45) is 7.04. The second-order valence-corrected chi connectivity index (χ2v) is 8.16. The lowest BCUT2D eigenvalue weighted by Gasteiger charge is -2.30. The molecule has 1 fully saturated rings. The number of hydrogen-bond donors (Lipinski definition) is 1. The molecule has 0 aromatic carbocycles. The molecule has 0 amide bonds. The summed E-state index contributed by atoms with van der Waals surface area (Å²) >= 11 is 12.4. The van der Waals surface area contributed by atoms with Gasteiger partial charge in [0.25, 0.3) is 0 Å². The van der Waals surface area contributed by atoms with Crippen LogP contribution >= 0.6 is 23.2 Å². The van der Waals surface area contributed by atoms with Crippen molar-refractivity contribution >= 4 is 29.0 Å². The highest BCUT2D eigenvalue weighted by atomic mass is 35.5. The van der Waals surface area contributed by atoms with Gasteiger partial charge in [-0.2, -0.15) is 0 Å². The molecule has 4 nitrogen and oxygen atoms in total. The van der Waals surface area contributed by atoms with E-state index in [4.69, 9.17) is 27.9 Å². The first kappa shape index (κ1) is 20.2. The molecule has 0 bridgehead atoms. The average molecular weight is 388 g/mol. The number of carbonyl (C=O) groups is 1. The molecule has 2 rings (SSSR count). The summed E-state index contributed by atoms with van der Waals surface area (Å²) in [5.74, 6) is 1.05. The van der Waals surface area contributed by atoms with Crippen LogP contribution in [0.3, 0.4) is 0 Å². The van der Waals surface area contributed by atoms with E-state index >= 15 is 0 Å². The molecule has 3 atom stereocenters. The lowest BCUT2D eigenvalue weighted by atomic mass is 9.89. The Morgan fingerprint density at radius 2 is 2.00 bits per heavy atom. The van der Waals surface area contributed by atoms with Crippen LogP contribution in [0.5, 0.6) is 0 Å². The number of carbonyl (C=O) groups excluding carboxylic acids is 1. The fraction of sp³-hybridized carbons (Fsp3) is 0.632. The normalized spacial score (nSPS) is 27.8. The van der Waals surface area contributed by atoms with Crippen molar-refractivity contribution in [2.45, 2.75) is 49.8 Å². The van der Waals surface area contributed by atoms with Gasteiger partial charge in [-0.25, -0.2) is 0 Å². The van der Waals surface area contributed by atoms with Crippen LogP contribution in [0.1, 0.15) is 39.0 Å². The van der Waals surface area contributed by atoms with Crippen LogP contribution in [0.25, 0.3) is 0 Å². The molecule has 0 aliphatic heterocycles. The molecule has 0 spiro atoms. The number of rotatable bonds is 6. The van der Waals surface area contributed by atoms with Gasteiger partial charge in [-0.15, -0.1) is 23.2 Å². The van der Waals surface area contributed by atoms with E-state index in [-0.39, 0.29) is 22.3 Å². The topological polar surface area (TPSA) is 49.8 Å². The van der Waals surface area contributed by atoms with E-state index in [1.54, 1.807) is 18.0 Å². The van der Waals surface area contributed by atoms with E-state index in [1.165, 1.54) is 6.08 Å². The van der Waals surface area contributed by atoms with Gasteiger partial charge in [-0.1, -0.05) is 0 Å². The molecule has 25 heavy (non-hydrogen) atoms. The van der Waals surface area contributed by atoms with Gasteiger partial charge in [0, 0.05) is 49.3 Å². The maximum Gasteiger partial charge on any atom is 0.186 e. The third-order valence-corrected chi connectivity index (χ3v) is 5.91. The molecule has 1 saturated carbocycles. The Balaban J connectivity index is 1.99. The number of halogens is 2. The minimum Gasteiger partial charge on any atom is -0.507 e. The summed E-state index contributed by atoms with van der Waals surface area (Å²) in [7, 11) is 3.69. The van der Waals surface area contributed by atoms with Gasteiger partial charge >= 0.3 is 0 Å². The van der Waals surface area contributed by atoms with Crippen molar-refractivity contribution < 1.29 is 14.6 Å². The van der Waals surface area contributed by atoms with Crippen LogP contribution in [0.4, 0.5) is 0 Å². The number of nitrogens with zero attached hydrogens (tertiary/aromatic N) is 1. The quantitative estimate of drug-likeness (QED) is 0.536. The summed E-state index contributed by atoms with van der Waals surface area (Å²) in [6, 6.07) is 0. The van der Waals surface area contributed by atoms with Crippen LogP contribution in [0.2, 0.25) is 0 Å². The Hall–Kier alpha value is -1.13. The molecule has 0 aromatic rings. The minimum atomic E-state index is -0.157. The maximum absolute atomic E-state index is 12.2. The molecule has 0 aromatic heterocycles. The highest BCUT2D eigenvalue weighted by Crippen LogP contribution is 2.34. The van der Waals surface area contributed by atoms with Crippen LogP contribution in [-0.2, 0) is 9.53 Å². The van der Waals surface area contributed by atoms with E-state index in [0.717, 1.165) is 25.0 Å². The highest BCUT2D eigenvalue weighted by molar-refractivity contribution is 6.30. The Morgan fingerprint density at radius 3 is 2.64 bits per heavy atom. The first-order valence-corrected chi connectivity index (χ1v) is 9.59. The predicted octanol–water partition coefficient (Wildman–Crippen LogP) is 4.54. The standard InChI is InChI=1S/C19H27Cl2NO3/c1-12-18(25-11-13-4-6-15(20)16(21)10-13)7-5-14(19(12)24)17(23)8-9-22(2)3/h8-9,13,15-16,24H,4-7,10-11H2,1-3H3/b9-8+. The van der Waals surface area contributed by atoms with Gasteiger partial charge in [0.15, 0.2) is 5.78 Å². The zero-order valence-corrected chi connectivity index (χ0v) is 16.6. The van der Waals surface area contributed by atoms with E-state index in [1.807, 2.05) is 14.1 Å². The molecule has 2 aliphatic carbocycles. The summed E-state index contributed by atoms with van der Waals surface area (Å²) < 4.78 is 5.96. The molecule has 0 heterocycles. The van der Waals surface area contributed by atoms with E-state index in [9.17, 15) is 9.90 Å². The second-order valence-electron chi connectivity index (χ2n) is 7.04. The van der Waals surface area contributed by atoms with Gasteiger partial charge in [0.2, 0.25) is 0 Å². The van der Waals surface area contributed by atoms with Gasteiger partial charge in [0.05, 0.1) is 12.0 Å². The molecule has 0 radical (unpaired) electrons. The van der Waals surface area contributed by atoms with Crippen molar-refractivity contribution in [3.05, 3.63) is 34.9 Å². The molecule has 1 N–H and O–H groups in total. The van der Waals surface area contributed by atoms with E-state index in [2.05, 4.69) is 0 Å². The number of aliphatic hydroxyl groups excluding tert-OH is 1. The Kier molecular flexibility index (Phi) is 7.26. The summed E-state index contributed by atoms with van der Waals surface area (Å²) in [5.41, 5.74) is 1.10. The molecule has 6 heteroatoms. The van der Waals surface area contributed by atoms with Crippen LogP contribution in [-0.4, -0.2) is 47.2 Å². The fourth-order valence-corrected chi connectivity index (χ4v) is 3.78. The lowest BCUT2D eigenvalue weighted by molar-refractivity contribution is -0.111. The van der Waals surface area contributed by atoms with E-state index in [0.29, 0.717) is 36.5 Å². The van der Waals surface area contributed by atoms with Crippen molar-refractivity contribution in [3.8, 4) is 0 Å². The third kappa shape index (κ3) is 5.42. The lowest BCUT2D eigenvalue weighted by Crippen LogP contribution is -2.28. The van der Waals surface area contributed by atoms with Crippen LogP contribution in [0, 0.1) is 5.92 Å². The minimum absolute atomic E-state index is 0.00791. The van der Waals surface area contributed by atoms with Crippen molar-refractivity contribution in [2.75, 3.05) is 20.7 Å².